The van der Waals surface area contributed by atoms with Gasteiger partial charge < -0.3 is 24.4 Å². The predicted molar refractivity (Wildman–Crippen MR) is 114 cm³/mol. The molecule has 0 spiro atoms. The molecule has 3 aromatic rings. The molecule has 0 bridgehead atoms. The van der Waals surface area contributed by atoms with Crippen molar-refractivity contribution in [1.29, 1.82) is 0 Å². The number of carbonyl (C=O) groups is 2. The van der Waals surface area contributed by atoms with Gasteiger partial charge in [-0.05, 0) is 30.2 Å². The molecule has 3 heterocycles. The van der Waals surface area contributed by atoms with Crippen molar-refractivity contribution < 1.29 is 19.2 Å². The van der Waals surface area contributed by atoms with Gasteiger partial charge in [-0.1, -0.05) is 29.4 Å². The third-order valence-corrected chi connectivity index (χ3v) is 5.56. The first kappa shape index (κ1) is 20.9. The molecule has 1 fully saturated rings. The Morgan fingerprint density at radius 1 is 1.26 bits per heavy atom. The minimum absolute atomic E-state index is 0.0119. The topological polar surface area (TPSA) is 101 Å². The number of aromatic nitrogens is 2. The van der Waals surface area contributed by atoms with Gasteiger partial charge in [-0.3, -0.25) is 9.59 Å². The summed E-state index contributed by atoms with van der Waals surface area (Å²) in [6, 6.07) is 13.0. The Bertz CT molecular complexity index is 1070. The van der Waals surface area contributed by atoms with E-state index in [4.69, 9.17) is 4.52 Å². The van der Waals surface area contributed by atoms with Gasteiger partial charge in [0.25, 0.3) is 0 Å². The maximum absolute atomic E-state index is 12.8. The molecule has 2 aromatic heterocycles. The summed E-state index contributed by atoms with van der Waals surface area (Å²) in [6.45, 7) is 2.26. The maximum Gasteiger partial charge on any atom is 0.243 e. The van der Waals surface area contributed by atoms with Crippen molar-refractivity contribution in [1.82, 2.24) is 19.9 Å². The van der Waals surface area contributed by atoms with E-state index < -0.39 is 12.1 Å². The minimum Gasteiger partial charge on any atom is -0.391 e. The maximum atomic E-state index is 12.8. The molecular formula is C23H26N4O4. The van der Waals surface area contributed by atoms with Crippen molar-refractivity contribution in [2.24, 2.45) is 7.05 Å². The van der Waals surface area contributed by atoms with Crippen molar-refractivity contribution in [3.05, 3.63) is 65.7 Å². The van der Waals surface area contributed by atoms with Crippen LogP contribution < -0.4 is 5.32 Å². The van der Waals surface area contributed by atoms with E-state index in [2.05, 4.69) is 10.5 Å². The minimum atomic E-state index is -0.722. The Labute approximate surface area is 180 Å². The van der Waals surface area contributed by atoms with Gasteiger partial charge in [-0.15, -0.1) is 0 Å². The highest BCUT2D eigenvalue weighted by Crippen LogP contribution is 2.21. The molecule has 31 heavy (non-hydrogen) atoms. The second kappa shape index (κ2) is 8.77. The molecule has 1 saturated heterocycles. The summed E-state index contributed by atoms with van der Waals surface area (Å²) in [5.74, 6) is -0.0914. The highest BCUT2D eigenvalue weighted by Gasteiger charge is 2.38. The lowest BCUT2D eigenvalue weighted by atomic mass is 10.1. The molecule has 2 N–H and O–H groups in total. The molecule has 162 valence electrons. The van der Waals surface area contributed by atoms with E-state index in [1.807, 2.05) is 54.2 Å². The highest BCUT2D eigenvalue weighted by atomic mass is 16.5. The summed E-state index contributed by atoms with van der Waals surface area (Å²) >= 11 is 0. The standard InChI is InChI=1S/C23H26N4O4/c1-15-10-19(31-25-15)12-22(29)27-14-18(28)11-21(27)23(30)24-13-16-5-7-17(8-6-16)20-4-3-9-26(20)2/h3-10,18,21,28H,11-14H2,1-2H3,(H,24,30)/t18-,21?/m1/s1. The number of nitrogens with zero attached hydrogens (tertiary/aromatic N) is 3. The van der Waals surface area contributed by atoms with Crippen LogP contribution in [-0.4, -0.2) is 50.2 Å². The van der Waals surface area contributed by atoms with Gasteiger partial charge in [0.05, 0.1) is 18.2 Å². The number of rotatable bonds is 6. The van der Waals surface area contributed by atoms with Crippen LogP contribution in [0.25, 0.3) is 11.3 Å². The van der Waals surface area contributed by atoms with E-state index in [1.165, 1.54) is 4.90 Å². The lowest BCUT2D eigenvalue weighted by Crippen LogP contribution is -2.46. The monoisotopic (exact) mass is 422 g/mol. The van der Waals surface area contributed by atoms with Gasteiger partial charge in [0.1, 0.15) is 11.8 Å². The first-order valence-corrected chi connectivity index (χ1v) is 10.3. The van der Waals surface area contributed by atoms with Gasteiger partial charge in [0.15, 0.2) is 0 Å². The summed E-state index contributed by atoms with van der Waals surface area (Å²) in [6.07, 6.45) is 1.51. The summed E-state index contributed by atoms with van der Waals surface area (Å²) in [4.78, 5) is 26.9. The van der Waals surface area contributed by atoms with Gasteiger partial charge in [-0.25, -0.2) is 0 Å². The number of likely N-dealkylation sites (tertiary alicyclic amines) is 1. The summed E-state index contributed by atoms with van der Waals surface area (Å²) in [5, 5.41) is 16.7. The first-order chi connectivity index (χ1) is 14.9. The fourth-order valence-electron chi connectivity index (χ4n) is 3.95. The Balaban J connectivity index is 1.36. The Morgan fingerprint density at radius 3 is 2.68 bits per heavy atom. The van der Waals surface area contributed by atoms with Crippen LogP contribution in [0, 0.1) is 6.92 Å². The number of aryl methyl sites for hydroxylation is 2. The van der Waals surface area contributed by atoms with Crippen LogP contribution in [-0.2, 0) is 29.6 Å². The van der Waals surface area contributed by atoms with Crippen LogP contribution in [0.3, 0.4) is 0 Å². The second-order valence-corrected chi connectivity index (χ2v) is 7.98. The summed E-state index contributed by atoms with van der Waals surface area (Å²) < 4.78 is 7.15. The van der Waals surface area contributed by atoms with Crippen LogP contribution in [0.15, 0.2) is 53.2 Å². The van der Waals surface area contributed by atoms with Gasteiger partial charge >= 0.3 is 0 Å². The molecular weight excluding hydrogens is 396 g/mol. The number of carbonyl (C=O) groups excluding carboxylic acids is 2. The molecule has 0 aliphatic carbocycles. The zero-order chi connectivity index (χ0) is 22.0. The van der Waals surface area contributed by atoms with Crippen molar-refractivity contribution in [3.8, 4) is 11.3 Å². The third-order valence-electron chi connectivity index (χ3n) is 5.56. The number of aliphatic hydroxyl groups excluding tert-OH is 1. The number of hydrogen-bond acceptors (Lipinski definition) is 5. The van der Waals surface area contributed by atoms with E-state index in [0.717, 1.165) is 16.8 Å². The van der Waals surface area contributed by atoms with E-state index >= 15 is 0 Å². The molecule has 8 nitrogen and oxygen atoms in total. The van der Waals surface area contributed by atoms with Crippen molar-refractivity contribution >= 4 is 11.8 Å². The van der Waals surface area contributed by atoms with E-state index in [9.17, 15) is 14.7 Å². The largest absolute Gasteiger partial charge is 0.391 e. The third kappa shape index (κ3) is 4.69. The molecule has 8 heteroatoms. The molecule has 2 atom stereocenters. The second-order valence-electron chi connectivity index (χ2n) is 7.98. The smallest absolute Gasteiger partial charge is 0.243 e. The first-order valence-electron chi connectivity index (χ1n) is 10.3. The van der Waals surface area contributed by atoms with Gasteiger partial charge in [0.2, 0.25) is 11.8 Å². The number of β-amino-alcohol motifs (C(OH)–C–C–N with tert-alkyl or cyclic N) is 1. The van der Waals surface area contributed by atoms with Crippen molar-refractivity contribution in [2.45, 2.75) is 38.5 Å². The van der Waals surface area contributed by atoms with Crippen molar-refractivity contribution in [2.75, 3.05) is 6.54 Å². The zero-order valence-corrected chi connectivity index (χ0v) is 17.6. The normalized spacial score (nSPS) is 18.4. The zero-order valence-electron chi connectivity index (χ0n) is 17.6. The molecule has 4 rings (SSSR count). The van der Waals surface area contributed by atoms with E-state index in [0.29, 0.717) is 18.0 Å². The van der Waals surface area contributed by atoms with E-state index in [-0.39, 0.29) is 31.2 Å². The number of hydrogen-bond donors (Lipinski definition) is 2. The fraction of sp³-hybridized carbons (Fsp3) is 0.348. The van der Waals surface area contributed by atoms with Crippen LogP contribution >= 0.6 is 0 Å². The van der Waals surface area contributed by atoms with Crippen LogP contribution in [0.5, 0.6) is 0 Å². The molecule has 1 aliphatic rings. The Kier molecular flexibility index (Phi) is 5.90. The number of amides is 2. The SMILES string of the molecule is Cc1cc(CC(=O)N2C[C@H](O)CC2C(=O)NCc2ccc(-c3cccn3C)cc2)on1. The van der Waals surface area contributed by atoms with Crippen LogP contribution in [0.4, 0.5) is 0 Å². The number of nitrogens with one attached hydrogen (secondary N) is 1. The highest BCUT2D eigenvalue weighted by molar-refractivity contribution is 5.89. The fourth-order valence-corrected chi connectivity index (χ4v) is 3.95. The molecule has 0 radical (unpaired) electrons. The molecule has 1 aliphatic heterocycles. The van der Waals surface area contributed by atoms with E-state index in [1.54, 1.807) is 13.0 Å². The lowest BCUT2D eigenvalue weighted by molar-refractivity contribution is -0.138. The van der Waals surface area contributed by atoms with Crippen molar-refractivity contribution in [3.63, 3.8) is 0 Å². The molecule has 2 amide bonds. The quantitative estimate of drug-likeness (QED) is 0.631. The molecule has 1 unspecified atom stereocenters. The summed E-state index contributed by atoms with van der Waals surface area (Å²) in [7, 11) is 2.00. The number of benzene rings is 1. The number of aliphatic hydroxyl groups is 1. The Hall–Kier alpha value is -3.39. The summed E-state index contributed by atoms with van der Waals surface area (Å²) in [5.41, 5.74) is 3.86. The van der Waals surface area contributed by atoms with Gasteiger partial charge in [-0.2, -0.15) is 0 Å². The average molecular weight is 422 g/mol. The lowest BCUT2D eigenvalue weighted by Gasteiger charge is -2.23. The average Bonchev–Trinajstić information content (AvgIpc) is 3.46. The predicted octanol–water partition coefficient (Wildman–Crippen LogP) is 1.81. The van der Waals surface area contributed by atoms with Crippen LogP contribution in [0.1, 0.15) is 23.4 Å². The Morgan fingerprint density at radius 2 is 2.03 bits per heavy atom. The molecule has 0 saturated carbocycles. The van der Waals surface area contributed by atoms with Gasteiger partial charge in [0, 0.05) is 44.5 Å². The van der Waals surface area contributed by atoms with Crippen LogP contribution in [0.2, 0.25) is 0 Å². The molecule has 1 aromatic carbocycles.